The topological polar surface area (TPSA) is 49.4 Å². The van der Waals surface area contributed by atoms with Gasteiger partial charge in [-0.2, -0.15) is 0 Å². The van der Waals surface area contributed by atoms with Crippen LogP contribution in [0, 0.1) is 5.41 Å². The first kappa shape index (κ1) is 14.2. The third-order valence-corrected chi connectivity index (χ3v) is 2.97. The van der Waals surface area contributed by atoms with E-state index in [0.717, 1.165) is 13.0 Å². The molecule has 0 radical (unpaired) electrons. The predicted molar refractivity (Wildman–Crippen MR) is 67.5 cm³/mol. The molecule has 0 saturated carbocycles. The number of nitrogens with one attached hydrogen (secondary N) is 1. The van der Waals surface area contributed by atoms with Crippen LogP contribution in [0.5, 0.6) is 0 Å². The van der Waals surface area contributed by atoms with Crippen LogP contribution < -0.4 is 5.32 Å². The van der Waals surface area contributed by atoms with Crippen LogP contribution in [0.4, 0.5) is 0 Å². The Bertz CT molecular complexity index is 305. The summed E-state index contributed by atoms with van der Waals surface area (Å²) >= 11 is 0. The molecule has 1 aliphatic heterocycles. The smallest absolute Gasteiger partial charge is 0.247 e. The summed E-state index contributed by atoms with van der Waals surface area (Å²) in [6.45, 7) is 11.0. The van der Waals surface area contributed by atoms with Gasteiger partial charge in [-0.3, -0.25) is 14.5 Å². The van der Waals surface area contributed by atoms with Crippen molar-refractivity contribution in [3.05, 3.63) is 0 Å². The van der Waals surface area contributed by atoms with E-state index in [1.807, 2.05) is 13.8 Å². The minimum Gasteiger partial charge on any atom is -0.305 e. The highest BCUT2D eigenvalue weighted by atomic mass is 16.2. The van der Waals surface area contributed by atoms with E-state index in [0.29, 0.717) is 6.42 Å². The lowest BCUT2D eigenvalue weighted by molar-refractivity contribution is -0.140. The largest absolute Gasteiger partial charge is 0.305 e. The standard InChI is InChI=1S/C13H24N2O2/c1-9(2)15-11(16)8-10(12(15)17)14-7-6-13(3,4)5/h9-10,14H,6-8H2,1-5H3. The SMILES string of the molecule is CC(C)N1C(=O)CC(NCCC(C)(C)C)C1=O. The van der Waals surface area contributed by atoms with Gasteiger partial charge >= 0.3 is 0 Å². The maximum Gasteiger partial charge on any atom is 0.247 e. The Morgan fingerprint density at radius 1 is 1.35 bits per heavy atom. The summed E-state index contributed by atoms with van der Waals surface area (Å²) in [5.41, 5.74) is 0.246. The maximum atomic E-state index is 12.0. The number of carbonyl (C=O) groups excluding carboxylic acids is 2. The van der Waals surface area contributed by atoms with Crippen molar-refractivity contribution in [2.45, 2.75) is 59.5 Å². The molecule has 1 atom stereocenters. The molecule has 0 aliphatic carbocycles. The first-order valence-corrected chi connectivity index (χ1v) is 6.31. The summed E-state index contributed by atoms with van der Waals surface area (Å²) < 4.78 is 0. The molecule has 4 nitrogen and oxygen atoms in total. The lowest BCUT2D eigenvalue weighted by Gasteiger charge is -2.21. The molecule has 1 rings (SSSR count). The van der Waals surface area contributed by atoms with E-state index in [1.165, 1.54) is 4.90 Å². The molecule has 1 fully saturated rings. The first-order chi connectivity index (χ1) is 7.72. The third kappa shape index (κ3) is 3.80. The summed E-state index contributed by atoms with van der Waals surface area (Å²) in [6, 6.07) is -0.350. The monoisotopic (exact) mass is 240 g/mol. The van der Waals surface area contributed by atoms with E-state index < -0.39 is 0 Å². The summed E-state index contributed by atoms with van der Waals surface area (Å²) in [5.74, 6) is -0.128. The number of likely N-dealkylation sites (tertiary alicyclic amines) is 1. The number of amides is 2. The predicted octanol–water partition coefficient (Wildman–Crippen LogP) is 1.55. The number of rotatable bonds is 4. The first-order valence-electron chi connectivity index (χ1n) is 6.31. The Hall–Kier alpha value is -0.900. The molecule has 2 amide bonds. The molecular weight excluding hydrogens is 216 g/mol. The molecule has 4 heteroatoms. The molecule has 1 N–H and O–H groups in total. The average molecular weight is 240 g/mol. The number of nitrogens with zero attached hydrogens (tertiary/aromatic N) is 1. The van der Waals surface area contributed by atoms with Gasteiger partial charge in [0.15, 0.2) is 0 Å². The minimum atomic E-state index is -0.313. The lowest BCUT2D eigenvalue weighted by Crippen LogP contribution is -2.42. The normalized spacial score (nSPS) is 21.8. The van der Waals surface area contributed by atoms with Crippen LogP contribution in [0.25, 0.3) is 0 Å². The van der Waals surface area contributed by atoms with Crippen molar-refractivity contribution in [1.82, 2.24) is 10.2 Å². The number of imide groups is 1. The average Bonchev–Trinajstić information content (AvgIpc) is 2.39. The fourth-order valence-electron chi connectivity index (χ4n) is 1.97. The molecule has 0 spiro atoms. The lowest BCUT2D eigenvalue weighted by atomic mass is 9.92. The van der Waals surface area contributed by atoms with Crippen LogP contribution >= 0.6 is 0 Å². The van der Waals surface area contributed by atoms with Gasteiger partial charge in [0, 0.05) is 6.04 Å². The van der Waals surface area contributed by atoms with Crippen LogP contribution in [0.1, 0.15) is 47.5 Å². The molecule has 0 bridgehead atoms. The van der Waals surface area contributed by atoms with Gasteiger partial charge in [-0.15, -0.1) is 0 Å². The fourth-order valence-corrected chi connectivity index (χ4v) is 1.97. The molecule has 0 aromatic rings. The molecule has 1 aliphatic rings. The van der Waals surface area contributed by atoms with Gasteiger partial charge in [-0.25, -0.2) is 0 Å². The fraction of sp³-hybridized carbons (Fsp3) is 0.846. The molecule has 0 aromatic carbocycles. The number of carbonyl (C=O) groups is 2. The van der Waals surface area contributed by atoms with Gasteiger partial charge in [-0.05, 0) is 32.2 Å². The van der Waals surface area contributed by atoms with Crippen molar-refractivity contribution in [2.24, 2.45) is 5.41 Å². The molecule has 1 unspecified atom stereocenters. The van der Waals surface area contributed by atoms with E-state index in [1.54, 1.807) is 0 Å². The Morgan fingerprint density at radius 3 is 2.35 bits per heavy atom. The summed E-state index contributed by atoms with van der Waals surface area (Å²) in [5, 5.41) is 3.19. The van der Waals surface area contributed by atoms with Gasteiger partial charge in [0.1, 0.15) is 0 Å². The molecule has 98 valence electrons. The number of hydrogen-bond donors (Lipinski definition) is 1. The summed E-state index contributed by atoms with van der Waals surface area (Å²) in [7, 11) is 0. The van der Waals surface area contributed by atoms with Crippen LogP contribution in [0.15, 0.2) is 0 Å². The molecule has 1 saturated heterocycles. The molecule has 0 aromatic heterocycles. The van der Waals surface area contributed by atoms with Crippen molar-refractivity contribution in [3.8, 4) is 0 Å². The van der Waals surface area contributed by atoms with Gasteiger partial charge in [-0.1, -0.05) is 20.8 Å². The van der Waals surface area contributed by atoms with Crippen LogP contribution in [0.2, 0.25) is 0 Å². The Morgan fingerprint density at radius 2 is 1.94 bits per heavy atom. The zero-order valence-corrected chi connectivity index (χ0v) is 11.5. The van der Waals surface area contributed by atoms with Crippen molar-refractivity contribution in [1.29, 1.82) is 0 Å². The van der Waals surface area contributed by atoms with Gasteiger partial charge in [0.05, 0.1) is 12.5 Å². The Balaban J connectivity index is 2.47. The van der Waals surface area contributed by atoms with Crippen molar-refractivity contribution in [2.75, 3.05) is 6.54 Å². The van der Waals surface area contributed by atoms with E-state index in [-0.39, 0.29) is 29.3 Å². The third-order valence-electron chi connectivity index (χ3n) is 2.97. The molecule has 17 heavy (non-hydrogen) atoms. The van der Waals surface area contributed by atoms with E-state index in [2.05, 4.69) is 26.1 Å². The van der Waals surface area contributed by atoms with Crippen LogP contribution in [-0.4, -0.2) is 35.3 Å². The zero-order valence-electron chi connectivity index (χ0n) is 11.5. The quantitative estimate of drug-likeness (QED) is 0.758. The van der Waals surface area contributed by atoms with E-state index in [9.17, 15) is 9.59 Å². The summed E-state index contributed by atoms with van der Waals surface area (Å²) in [4.78, 5) is 25.0. The van der Waals surface area contributed by atoms with E-state index >= 15 is 0 Å². The van der Waals surface area contributed by atoms with Crippen molar-refractivity contribution < 1.29 is 9.59 Å². The minimum absolute atomic E-state index is 0.0376. The van der Waals surface area contributed by atoms with E-state index in [4.69, 9.17) is 0 Å². The van der Waals surface area contributed by atoms with Crippen molar-refractivity contribution >= 4 is 11.8 Å². The van der Waals surface area contributed by atoms with Gasteiger partial charge < -0.3 is 5.32 Å². The summed E-state index contributed by atoms with van der Waals surface area (Å²) in [6.07, 6.45) is 1.30. The highest BCUT2D eigenvalue weighted by molar-refractivity contribution is 6.05. The molecular formula is C13H24N2O2. The van der Waals surface area contributed by atoms with Gasteiger partial charge in [0.25, 0.3) is 0 Å². The number of hydrogen-bond acceptors (Lipinski definition) is 3. The van der Waals surface area contributed by atoms with Crippen molar-refractivity contribution in [3.63, 3.8) is 0 Å². The van der Waals surface area contributed by atoms with Gasteiger partial charge in [0.2, 0.25) is 11.8 Å². The van der Waals surface area contributed by atoms with Crippen LogP contribution in [-0.2, 0) is 9.59 Å². The van der Waals surface area contributed by atoms with Crippen LogP contribution in [0.3, 0.4) is 0 Å². The maximum absolute atomic E-state index is 12.0. The Kier molecular flexibility index (Phi) is 4.31. The Labute approximate surface area is 104 Å². The second kappa shape index (κ2) is 5.17. The second-order valence-corrected chi connectivity index (χ2v) is 6.22. The second-order valence-electron chi connectivity index (χ2n) is 6.22. The highest BCUT2D eigenvalue weighted by Gasteiger charge is 2.39. The highest BCUT2D eigenvalue weighted by Crippen LogP contribution is 2.19. The zero-order chi connectivity index (χ0) is 13.2. The molecule has 1 heterocycles.